The zero-order chi connectivity index (χ0) is 22.1. The van der Waals surface area contributed by atoms with Crippen LogP contribution in [0.15, 0.2) is 30.5 Å². The highest BCUT2D eigenvalue weighted by atomic mass is 19.4. The third-order valence-electron chi connectivity index (χ3n) is 4.12. The summed E-state index contributed by atoms with van der Waals surface area (Å²) >= 11 is 0. The highest BCUT2D eigenvalue weighted by molar-refractivity contribution is 5.95. The Balaban J connectivity index is 0.00000155. The molecule has 0 aliphatic carbocycles. The van der Waals surface area contributed by atoms with Gasteiger partial charge in [-0.25, -0.2) is 4.79 Å². The largest absolute Gasteiger partial charge is 0.471 e. The molecule has 1 aliphatic rings. The molecule has 1 saturated heterocycles. The standard InChI is InChI=1S/C17H18F3N5O3.C2H6/c18-17(19,20)15(26)21-13-5-3-4-12(10-13)14-11-25(23-22-14)7-2-1-6-24-8-9-28-16(24)27;1-2/h3-5,10-11H,1-2,6-9H2,(H,21,26);1-2H3. The number of aromatic nitrogens is 3. The van der Waals surface area contributed by atoms with Gasteiger partial charge in [-0.2, -0.15) is 13.2 Å². The molecular formula is C19H24F3N5O3. The maximum atomic E-state index is 12.4. The summed E-state index contributed by atoms with van der Waals surface area (Å²) < 4.78 is 43.6. The van der Waals surface area contributed by atoms with Gasteiger partial charge in [0.2, 0.25) is 0 Å². The van der Waals surface area contributed by atoms with Crippen molar-refractivity contribution in [2.24, 2.45) is 0 Å². The fourth-order valence-corrected chi connectivity index (χ4v) is 2.70. The van der Waals surface area contributed by atoms with Gasteiger partial charge in [0, 0.05) is 24.3 Å². The maximum Gasteiger partial charge on any atom is 0.471 e. The van der Waals surface area contributed by atoms with Crippen molar-refractivity contribution in [2.45, 2.75) is 39.4 Å². The first-order chi connectivity index (χ1) is 14.3. The summed E-state index contributed by atoms with van der Waals surface area (Å²) in [6.45, 7) is 6.23. The zero-order valence-corrected chi connectivity index (χ0v) is 16.8. The first kappa shape index (κ1) is 23.2. The lowest BCUT2D eigenvalue weighted by atomic mass is 10.1. The van der Waals surface area contributed by atoms with Crippen LogP contribution in [0.2, 0.25) is 0 Å². The van der Waals surface area contributed by atoms with E-state index in [1.54, 1.807) is 21.8 Å². The minimum Gasteiger partial charge on any atom is -0.448 e. The number of cyclic esters (lactones) is 1. The van der Waals surface area contributed by atoms with Crippen molar-refractivity contribution in [3.63, 3.8) is 0 Å². The van der Waals surface area contributed by atoms with E-state index in [0.29, 0.717) is 37.5 Å². The number of carbonyl (C=O) groups excluding carboxylic acids is 2. The number of amides is 2. The van der Waals surface area contributed by atoms with Crippen LogP contribution < -0.4 is 5.32 Å². The van der Waals surface area contributed by atoms with E-state index in [1.807, 2.05) is 19.2 Å². The van der Waals surface area contributed by atoms with Crippen LogP contribution in [-0.4, -0.2) is 57.8 Å². The van der Waals surface area contributed by atoms with Crippen molar-refractivity contribution in [3.8, 4) is 11.3 Å². The highest BCUT2D eigenvalue weighted by Crippen LogP contribution is 2.23. The average molecular weight is 427 g/mol. The van der Waals surface area contributed by atoms with Gasteiger partial charge < -0.3 is 15.0 Å². The summed E-state index contributed by atoms with van der Waals surface area (Å²) in [4.78, 5) is 24.0. The minimum absolute atomic E-state index is 0.0203. The molecule has 8 nitrogen and oxygen atoms in total. The molecular weight excluding hydrogens is 403 g/mol. The van der Waals surface area contributed by atoms with Gasteiger partial charge in [-0.15, -0.1) is 5.10 Å². The van der Waals surface area contributed by atoms with Gasteiger partial charge in [-0.1, -0.05) is 31.2 Å². The molecule has 0 saturated carbocycles. The number of hydrogen-bond acceptors (Lipinski definition) is 5. The normalized spacial score (nSPS) is 13.5. The monoisotopic (exact) mass is 427 g/mol. The van der Waals surface area contributed by atoms with Gasteiger partial charge in [-0.05, 0) is 25.0 Å². The van der Waals surface area contributed by atoms with Crippen molar-refractivity contribution in [3.05, 3.63) is 30.5 Å². The number of benzene rings is 1. The number of rotatable bonds is 7. The van der Waals surface area contributed by atoms with E-state index in [2.05, 4.69) is 10.3 Å². The number of alkyl halides is 3. The molecule has 11 heteroatoms. The molecule has 0 spiro atoms. The smallest absolute Gasteiger partial charge is 0.448 e. The van der Waals surface area contributed by atoms with Gasteiger partial charge >= 0.3 is 18.2 Å². The predicted molar refractivity (Wildman–Crippen MR) is 104 cm³/mol. The summed E-state index contributed by atoms with van der Waals surface area (Å²) in [7, 11) is 0. The molecule has 0 atom stereocenters. The van der Waals surface area contributed by atoms with Gasteiger partial charge in [-0.3, -0.25) is 9.48 Å². The summed E-state index contributed by atoms with van der Waals surface area (Å²) in [5.41, 5.74) is 1.03. The summed E-state index contributed by atoms with van der Waals surface area (Å²) in [5, 5.41) is 9.83. The molecule has 1 aliphatic heterocycles. The van der Waals surface area contributed by atoms with E-state index >= 15 is 0 Å². The average Bonchev–Trinajstić information content (AvgIpc) is 3.35. The topological polar surface area (TPSA) is 89.4 Å². The van der Waals surface area contributed by atoms with Crippen molar-refractivity contribution in [1.29, 1.82) is 0 Å². The Labute approximate surface area is 172 Å². The number of nitrogens with one attached hydrogen (secondary N) is 1. The minimum atomic E-state index is -4.95. The zero-order valence-electron chi connectivity index (χ0n) is 16.8. The molecule has 1 aromatic heterocycles. The van der Waals surface area contributed by atoms with Crippen molar-refractivity contribution >= 4 is 17.7 Å². The summed E-state index contributed by atoms with van der Waals surface area (Å²) in [5.74, 6) is -2.03. The third-order valence-corrected chi connectivity index (χ3v) is 4.12. The lowest BCUT2D eigenvalue weighted by Crippen LogP contribution is -2.29. The fraction of sp³-hybridized carbons (Fsp3) is 0.474. The molecule has 2 aromatic rings. The SMILES string of the molecule is CC.O=C1OCCN1CCCCn1cc(-c2cccc(NC(=O)C(F)(F)F)c2)nn1. The van der Waals surface area contributed by atoms with Crippen LogP contribution >= 0.6 is 0 Å². The number of ether oxygens (including phenoxy) is 1. The van der Waals surface area contributed by atoms with E-state index in [9.17, 15) is 22.8 Å². The second-order valence-electron chi connectivity index (χ2n) is 6.21. The molecule has 0 radical (unpaired) electrons. The number of nitrogens with zero attached hydrogens (tertiary/aromatic N) is 4. The molecule has 30 heavy (non-hydrogen) atoms. The molecule has 0 unspecified atom stereocenters. The molecule has 1 N–H and O–H groups in total. The Hall–Kier alpha value is -3.11. The van der Waals surface area contributed by atoms with Crippen LogP contribution in [-0.2, 0) is 16.1 Å². The van der Waals surface area contributed by atoms with E-state index < -0.39 is 12.1 Å². The van der Waals surface area contributed by atoms with Crippen molar-refractivity contribution in [1.82, 2.24) is 19.9 Å². The Morgan fingerprint density at radius 3 is 2.63 bits per heavy atom. The maximum absolute atomic E-state index is 12.4. The Kier molecular flexibility index (Phi) is 8.19. The first-order valence-electron chi connectivity index (χ1n) is 9.63. The summed E-state index contributed by atoms with van der Waals surface area (Å²) in [6, 6.07) is 5.95. The molecule has 0 bridgehead atoms. The van der Waals surface area contributed by atoms with E-state index in [0.717, 1.165) is 12.8 Å². The van der Waals surface area contributed by atoms with Gasteiger partial charge in [0.05, 0.1) is 12.7 Å². The Morgan fingerprint density at radius 1 is 1.23 bits per heavy atom. The van der Waals surface area contributed by atoms with Gasteiger partial charge in [0.15, 0.2) is 0 Å². The van der Waals surface area contributed by atoms with E-state index in [-0.39, 0.29) is 11.8 Å². The third kappa shape index (κ3) is 6.46. The number of halogens is 3. The van der Waals surface area contributed by atoms with Gasteiger partial charge in [0.25, 0.3) is 0 Å². The number of hydrogen-bond donors (Lipinski definition) is 1. The lowest BCUT2D eigenvalue weighted by molar-refractivity contribution is -0.167. The fourth-order valence-electron chi connectivity index (χ4n) is 2.70. The molecule has 1 aromatic carbocycles. The van der Waals surface area contributed by atoms with Crippen molar-refractivity contribution < 1.29 is 27.5 Å². The Bertz CT molecular complexity index is 854. The lowest BCUT2D eigenvalue weighted by Gasteiger charge is -2.11. The first-order valence-corrected chi connectivity index (χ1v) is 9.63. The van der Waals surface area contributed by atoms with Crippen LogP contribution in [0.5, 0.6) is 0 Å². The van der Waals surface area contributed by atoms with Crippen LogP contribution in [0, 0.1) is 0 Å². The van der Waals surface area contributed by atoms with Crippen molar-refractivity contribution in [2.75, 3.05) is 25.0 Å². The second-order valence-corrected chi connectivity index (χ2v) is 6.21. The predicted octanol–water partition coefficient (Wildman–Crippen LogP) is 3.70. The van der Waals surface area contributed by atoms with Gasteiger partial charge in [0.1, 0.15) is 12.3 Å². The number of unbranched alkanes of at least 4 members (excludes halogenated alkanes) is 1. The molecule has 2 heterocycles. The Morgan fingerprint density at radius 2 is 1.97 bits per heavy atom. The number of anilines is 1. The quantitative estimate of drug-likeness (QED) is 0.681. The van der Waals surface area contributed by atoms with E-state index in [4.69, 9.17) is 4.74 Å². The van der Waals surface area contributed by atoms with E-state index in [1.165, 1.54) is 18.2 Å². The molecule has 164 valence electrons. The summed E-state index contributed by atoms with van der Waals surface area (Å²) in [6.07, 6.45) is -2.02. The second kappa shape index (κ2) is 10.6. The van der Waals surface area contributed by atoms with Crippen LogP contribution in [0.3, 0.4) is 0 Å². The van der Waals surface area contributed by atoms with Crippen LogP contribution in [0.1, 0.15) is 26.7 Å². The van der Waals surface area contributed by atoms with Crippen LogP contribution in [0.4, 0.5) is 23.7 Å². The number of aryl methyl sites for hydroxylation is 1. The van der Waals surface area contributed by atoms with Crippen LogP contribution in [0.25, 0.3) is 11.3 Å². The molecule has 3 rings (SSSR count). The molecule has 1 fully saturated rings. The highest BCUT2D eigenvalue weighted by Gasteiger charge is 2.38. The number of carbonyl (C=O) groups is 2. The molecule has 2 amide bonds.